The summed E-state index contributed by atoms with van der Waals surface area (Å²) in [6, 6.07) is 4.35. The molecule has 1 aromatic rings. The highest BCUT2D eigenvalue weighted by molar-refractivity contribution is 5.95. The summed E-state index contributed by atoms with van der Waals surface area (Å²) in [6.07, 6.45) is 1.65. The lowest BCUT2D eigenvalue weighted by Gasteiger charge is -2.23. The fraction of sp³-hybridized carbons (Fsp3) is 0.462. The molecule has 4 heteroatoms. The van der Waals surface area contributed by atoms with Crippen LogP contribution in [0.3, 0.4) is 0 Å². The first-order valence-electron chi connectivity index (χ1n) is 5.81. The smallest absolute Gasteiger partial charge is 0.257 e. The summed E-state index contributed by atoms with van der Waals surface area (Å²) >= 11 is 0. The van der Waals surface area contributed by atoms with Crippen LogP contribution in [0.4, 0.5) is 4.39 Å². The molecular weight excluding hydrogens is 221 g/mol. The highest BCUT2D eigenvalue weighted by Crippen LogP contribution is 2.21. The van der Waals surface area contributed by atoms with E-state index in [4.69, 9.17) is 5.11 Å². The summed E-state index contributed by atoms with van der Waals surface area (Å²) in [4.78, 5) is 13.7. The lowest BCUT2D eigenvalue weighted by molar-refractivity contribution is 0.0673. The van der Waals surface area contributed by atoms with E-state index in [2.05, 4.69) is 0 Å². The van der Waals surface area contributed by atoms with Crippen molar-refractivity contribution in [2.45, 2.75) is 25.8 Å². The summed E-state index contributed by atoms with van der Waals surface area (Å²) in [7, 11) is 0. The third-order valence-electron chi connectivity index (χ3n) is 3.20. The number of amides is 1. The van der Waals surface area contributed by atoms with Crippen LogP contribution < -0.4 is 0 Å². The van der Waals surface area contributed by atoms with Crippen molar-refractivity contribution in [3.8, 4) is 0 Å². The van der Waals surface area contributed by atoms with Gasteiger partial charge in [-0.05, 0) is 31.9 Å². The van der Waals surface area contributed by atoms with E-state index in [1.807, 2.05) is 6.92 Å². The fourth-order valence-electron chi connectivity index (χ4n) is 2.25. The van der Waals surface area contributed by atoms with Gasteiger partial charge in [0.1, 0.15) is 5.82 Å². The number of carbonyl (C=O) groups excluding carboxylic acids is 1. The summed E-state index contributed by atoms with van der Waals surface area (Å²) in [6.45, 7) is 2.36. The number of nitrogens with zero attached hydrogens (tertiary/aromatic N) is 1. The lowest BCUT2D eigenvalue weighted by atomic mass is 10.1. The Hall–Kier alpha value is -1.42. The predicted octanol–water partition coefficient (Wildman–Crippen LogP) is 1.73. The molecule has 92 valence electrons. The number of carbonyl (C=O) groups is 1. The van der Waals surface area contributed by atoms with Crippen molar-refractivity contribution in [2.24, 2.45) is 0 Å². The van der Waals surface area contributed by atoms with Crippen molar-refractivity contribution < 1.29 is 14.3 Å². The van der Waals surface area contributed by atoms with Crippen molar-refractivity contribution in [3.63, 3.8) is 0 Å². The van der Waals surface area contributed by atoms with Crippen molar-refractivity contribution in [3.05, 3.63) is 35.1 Å². The fourth-order valence-corrected chi connectivity index (χ4v) is 2.25. The highest BCUT2D eigenvalue weighted by Gasteiger charge is 2.30. The monoisotopic (exact) mass is 237 g/mol. The standard InChI is InChI=1S/C13H16FNO2/c1-9-4-5-12(14)11(7-9)13(17)15-6-2-3-10(15)8-16/h4-5,7,10,16H,2-3,6,8H2,1H3/t10-/m1/s1. The highest BCUT2D eigenvalue weighted by atomic mass is 19.1. The molecule has 0 aliphatic carbocycles. The van der Waals surface area contributed by atoms with Gasteiger partial charge < -0.3 is 10.0 Å². The zero-order valence-electron chi connectivity index (χ0n) is 9.82. The Morgan fingerprint density at radius 1 is 1.59 bits per heavy atom. The number of aliphatic hydroxyl groups excluding tert-OH is 1. The minimum Gasteiger partial charge on any atom is -0.394 e. The van der Waals surface area contributed by atoms with E-state index in [0.29, 0.717) is 6.54 Å². The Bertz CT molecular complexity index is 433. The van der Waals surface area contributed by atoms with Crippen LogP contribution in [0.5, 0.6) is 0 Å². The molecule has 0 aromatic heterocycles. The molecule has 1 atom stereocenters. The molecule has 1 saturated heterocycles. The number of aliphatic hydroxyl groups is 1. The van der Waals surface area contributed by atoms with Crippen LogP contribution in [-0.4, -0.2) is 35.1 Å². The van der Waals surface area contributed by atoms with Gasteiger partial charge >= 0.3 is 0 Å². The van der Waals surface area contributed by atoms with E-state index in [1.54, 1.807) is 17.0 Å². The Morgan fingerprint density at radius 3 is 3.06 bits per heavy atom. The molecular formula is C13H16FNO2. The third kappa shape index (κ3) is 2.31. The van der Waals surface area contributed by atoms with Gasteiger partial charge in [-0.25, -0.2) is 4.39 Å². The Kier molecular flexibility index (Phi) is 3.43. The van der Waals surface area contributed by atoms with E-state index in [-0.39, 0.29) is 24.1 Å². The van der Waals surface area contributed by atoms with Crippen molar-refractivity contribution in [1.82, 2.24) is 4.90 Å². The van der Waals surface area contributed by atoms with Crippen LogP contribution in [0.15, 0.2) is 18.2 Å². The molecule has 1 aliphatic heterocycles. The van der Waals surface area contributed by atoms with E-state index < -0.39 is 5.82 Å². The zero-order valence-corrected chi connectivity index (χ0v) is 9.82. The average Bonchev–Trinajstić information content (AvgIpc) is 2.79. The van der Waals surface area contributed by atoms with Crippen LogP contribution in [0.1, 0.15) is 28.8 Å². The van der Waals surface area contributed by atoms with Crippen LogP contribution in [0, 0.1) is 12.7 Å². The van der Waals surface area contributed by atoms with Crippen LogP contribution in [0.25, 0.3) is 0 Å². The summed E-state index contributed by atoms with van der Waals surface area (Å²) in [5, 5.41) is 9.17. The van der Waals surface area contributed by atoms with Crippen LogP contribution >= 0.6 is 0 Å². The van der Waals surface area contributed by atoms with E-state index in [0.717, 1.165) is 18.4 Å². The first kappa shape index (κ1) is 12.0. The number of hydrogen-bond donors (Lipinski definition) is 1. The first-order chi connectivity index (χ1) is 8.13. The van der Waals surface area contributed by atoms with Crippen LogP contribution in [-0.2, 0) is 0 Å². The minimum atomic E-state index is -0.496. The first-order valence-corrected chi connectivity index (χ1v) is 5.81. The molecule has 3 nitrogen and oxygen atoms in total. The van der Waals surface area contributed by atoms with Crippen molar-refractivity contribution in [2.75, 3.05) is 13.2 Å². The molecule has 0 unspecified atom stereocenters. The Balaban J connectivity index is 2.27. The molecule has 0 radical (unpaired) electrons. The van der Waals surface area contributed by atoms with Gasteiger partial charge in [-0.2, -0.15) is 0 Å². The molecule has 1 amide bonds. The van der Waals surface area contributed by atoms with Gasteiger partial charge in [-0.1, -0.05) is 11.6 Å². The minimum absolute atomic E-state index is 0.0564. The molecule has 17 heavy (non-hydrogen) atoms. The Morgan fingerprint density at radius 2 is 2.35 bits per heavy atom. The van der Waals surface area contributed by atoms with Crippen molar-refractivity contribution >= 4 is 5.91 Å². The molecule has 2 rings (SSSR count). The molecule has 0 bridgehead atoms. The second kappa shape index (κ2) is 4.84. The van der Waals surface area contributed by atoms with Crippen LogP contribution in [0.2, 0.25) is 0 Å². The van der Waals surface area contributed by atoms with Gasteiger partial charge in [-0.3, -0.25) is 4.79 Å². The number of halogens is 1. The molecule has 0 spiro atoms. The van der Waals surface area contributed by atoms with Gasteiger partial charge in [0.15, 0.2) is 0 Å². The van der Waals surface area contributed by atoms with E-state index in [1.165, 1.54) is 6.07 Å². The number of benzene rings is 1. The summed E-state index contributed by atoms with van der Waals surface area (Å²) in [5.41, 5.74) is 0.958. The molecule has 1 fully saturated rings. The van der Waals surface area contributed by atoms with Gasteiger partial charge in [0, 0.05) is 6.54 Å². The zero-order chi connectivity index (χ0) is 12.4. The van der Waals surface area contributed by atoms with E-state index in [9.17, 15) is 9.18 Å². The van der Waals surface area contributed by atoms with Gasteiger partial charge in [0.05, 0.1) is 18.2 Å². The number of hydrogen-bond acceptors (Lipinski definition) is 2. The molecule has 1 aliphatic rings. The number of likely N-dealkylation sites (tertiary alicyclic amines) is 1. The van der Waals surface area contributed by atoms with Gasteiger partial charge in [-0.15, -0.1) is 0 Å². The molecule has 0 saturated carbocycles. The summed E-state index contributed by atoms with van der Waals surface area (Å²) < 4.78 is 13.6. The molecule has 1 aromatic carbocycles. The lowest BCUT2D eigenvalue weighted by Crippen LogP contribution is -2.38. The predicted molar refractivity (Wildman–Crippen MR) is 62.3 cm³/mol. The Labute approximate surface area is 99.9 Å². The largest absolute Gasteiger partial charge is 0.394 e. The molecule has 1 heterocycles. The maximum absolute atomic E-state index is 13.6. The molecule has 1 N–H and O–H groups in total. The van der Waals surface area contributed by atoms with Gasteiger partial charge in [0.2, 0.25) is 0 Å². The normalized spacial score (nSPS) is 19.7. The second-order valence-electron chi connectivity index (χ2n) is 4.46. The topological polar surface area (TPSA) is 40.5 Å². The summed E-state index contributed by atoms with van der Waals surface area (Å²) in [5.74, 6) is -0.813. The third-order valence-corrected chi connectivity index (χ3v) is 3.20. The van der Waals surface area contributed by atoms with Crippen molar-refractivity contribution in [1.29, 1.82) is 0 Å². The average molecular weight is 237 g/mol. The number of rotatable bonds is 2. The van der Waals surface area contributed by atoms with E-state index >= 15 is 0 Å². The maximum Gasteiger partial charge on any atom is 0.257 e. The maximum atomic E-state index is 13.6. The number of aryl methyl sites for hydroxylation is 1. The SMILES string of the molecule is Cc1ccc(F)c(C(=O)N2CCC[C@@H]2CO)c1. The quantitative estimate of drug-likeness (QED) is 0.851. The van der Waals surface area contributed by atoms with Gasteiger partial charge in [0.25, 0.3) is 5.91 Å². The second-order valence-corrected chi connectivity index (χ2v) is 4.46.